The maximum atomic E-state index is 12.9. The average Bonchev–Trinajstić information content (AvgIpc) is 2.67. The fraction of sp³-hybridized carbons (Fsp3) is 0.667. The molecule has 2 atom stereocenters. The molecular formula is C21H32N2O4S. The van der Waals surface area contributed by atoms with Gasteiger partial charge in [-0.15, -0.1) is 0 Å². The van der Waals surface area contributed by atoms with E-state index in [4.69, 9.17) is 4.74 Å². The molecule has 0 bridgehead atoms. The topological polar surface area (TPSA) is 75.7 Å². The van der Waals surface area contributed by atoms with Gasteiger partial charge in [0.1, 0.15) is 0 Å². The van der Waals surface area contributed by atoms with Crippen LogP contribution in [0, 0.1) is 5.92 Å². The van der Waals surface area contributed by atoms with Crippen LogP contribution in [0.15, 0.2) is 29.2 Å². The third-order valence-corrected chi connectivity index (χ3v) is 7.51. The van der Waals surface area contributed by atoms with Crippen molar-refractivity contribution in [1.82, 2.24) is 4.31 Å². The summed E-state index contributed by atoms with van der Waals surface area (Å²) >= 11 is 0. The lowest BCUT2D eigenvalue weighted by molar-refractivity contribution is -0.116. The number of anilines is 1. The van der Waals surface area contributed by atoms with Crippen molar-refractivity contribution in [3.8, 4) is 0 Å². The highest BCUT2D eigenvalue weighted by Crippen LogP contribution is 2.27. The normalized spacial score (nSPS) is 24.8. The largest absolute Gasteiger partial charge is 0.373 e. The molecule has 2 fully saturated rings. The lowest BCUT2D eigenvalue weighted by Crippen LogP contribution is -2.48. The van der Waals surface area contributed by atoms with Crippen molar-refractivity contribution >= 4 is 21.6 Å². The zero-order chi connectivity index (χ0) is 20.1. The molecule has 1 aromatic carbocycles. The van der Waals surface area contributed by atoms with Crippen molar-refractivity contribution in [3.05, 3.63) is 24.3 Å². The van der Waals surface area contributed by atoms with Crippen molar-refractivity contribution in [1.29, 1.82) is 0 Å². The highest BCUT2D eigenvalue weighted by Gasteiger charge is 2.32. The number of morpholine rings is 1. The number of nitrogens with zero attached hydrogens (tertiary/aromatic N) is 1. The summed E-state index contributed by atoms with van der Waals surface area (Å²) in [6, 6.07) is 6.46. The van der Waals surface area contributed by atoms with E-state index in [1.807, 2.05) is 13.8 Å². The standard InChI is InChI=1S/C21H32N2O4S/c1-16-14-23(15-17(2)27-16)28(25,26)20-11-9-19(10-12-20)22-21(24)13-8-18-6-4-3-5-7-18/h9-12,16-18H,3-8,13-15H2,1-2H3,(H,22,24)/t16-,17+. The number of amides is 1. The molecule has 0 spiro atoms. The minimum Gasteiger partial charge on any atom is -0.373 e. The second-order valence-electron chi connectivity index (χ2n) is 8.19. The fourth-order valence-electron chi connectivity index (χ4n) is 4.22. The first-order valence-electron chi connectivity index (χ1n) is 10.4. The highest BCUT2D eigenvalue weighted by molar-refractivity contribution is 7.89. The van der Waals surface area contributed by atoms with Gasteiger partial charge in [0.15, 0.2) is 0 Å². The maximum Gasteiger partial charge on any atom is 0.243 e. The van der Waals surface area contributed by atoms with Gasteiger partial charge in [0.25, 0.3) is 0 Å². The van der Waals surface area contributed by atoms with Crippen molar-refractivity contribution in [3.63, 3.8) is 0 Å². The Hall–Kier alpha value is -1.44. The molecule has 0 unspecified atom stereocenters. The Morgan fingerprint density at radius 2 is 1.68 bits per heavy atom. The summed E-state index contributed by atoms with van der Waals surface area (Å²) in [5.74, 6) is 0.669. The van der Waals surface area contributed by atoms with Crippen molar-refractivity contribution in [2.75, 3.05) is 18.4 Å². The number of hydrogen-bond donors (Lipinski definition) is 1. The van der Waals surface area contributed by atoms with Crippen molar-refractivity contribution < 1.29 is 17.9 Å². The van der Waals surface area contributed by atoms with Gasteiger partial charge in [-0.25, -0.2) is 8.42 Å². The van der Waals surface area contributed by atoms with E-state index in [2.05, 4.69) is 5.32 Å². The van der Waals surface area contributed by atoms with Crippen LogP contribution in [-0.4, -0.2) is 43.9 Å². The van der Waals surface area contributed by atoms with Crippen LogP contribution in [0.1, 0.15) is 58.8 Å². The van der Waals surface area contributed by atoms with Crippen LogP contribution in [-0.2, 0) is 19.6 Å². The monoisotopic (exact) mass is 408 g/mol. The average molecular weight is 409 g/mol. The highest BCUT2D eigenvalue weighted by atomic mass is 32.2. The van der Waals surface area contributed by atoms with Crippen LogP contribution in [0.4, 0.5) is 5.69 Å². The first-order chi connectivity index (χ1) is 13.3. The lowest BCUT2D eigenvalue weighted by atomic mass is 9.86. The molecule has 28 heavy (non-hydrogen) atoms. The Morgan fingerprint density at radius 3 is 2.29 bits per heavy atom. The van der Waals surface area contributed by atoms with Gasteiger partial charge in [0.05, 0.1) is 17.1 Å². The van der Waals surface area contributed by atoms with E-state index in [0.717, 1.165) is 6.42 Å². The molecule has 1 heterocycles. The lowest BCUT2D eigenvalue weighted by Gasteiger charge is -2.34. The van der Waals surface area contributed by atoms with Crippen LogP contribution in [0.25, 0.3) is 0 Å². The van der Waals surface area contributed by atoms with E-state index in [-0.39, 0.29) is 23.0 Å². The summed E-state index contributed by atoms with van der Waals surface area (Å²) in [4.78, 5) is 12.4. The second-order valence-corrected chi connectivity index (χ2v) is 10.1. The molecule has 1 aromatic rings. The molecule has 1 saturated heterocycles. The molecule has 0 aromatic heterocycles. The number of carbonyl (C=O) groups excluding carboxylic acids is 1. The van der Waals surface area contributed by atoms with Crippen LogP contribution < -0.4 is 5.32 Å². The number of nitrogens with one attached hydrogen (secondary N) is 1. The van der Waals surface area contributed by atoms with Crippen molar-refractivity contribution in [2.45, 2.75) is 75.9 Å². The molecule has 1 amide bonds. The summed E-state index contributed by atoms with van der Waals surface area (Å²) in [7, 11) is -3.56. The SMILES string of the molecule is C[C@@H]1CN(S(=O)(=O)c2ccc(NC(=O)CCC3CCCCC3)cc2)C[C@H](C)O1. The Bertz CT molecular complexity index is 747. The minimum atomic E-state index is -3.56. The van der Waals surface area contributed by atoms with Crippen LogP contribution >= 0.6 is 0 Å². The molecule has 3 rings (SSSR count). The maximum absolute atomic E-state index is 12.9. The van der Waals surface area contributed by atoms with Crippen LogP contribution in [0.5, 0.6) is 0 Å². The predicted octanol–water partition coefficient (Wildman–Crippen LogP) is 3.78. The van der Waals surface area contributed by atoms with E-state index >= 15 is 0 Å². The zero-order valence-corrected chi connectivity index (χ0v) is 17.7. The Kier molecular flexibility index (Phi) is 7.12. The summed E-state index contributed by atoms with van der Waals surface area (Å²) in [6.07, 6.45) is 7.56. The molecule has 1 aliphatic heterocycles. The molecule has 6 nitrogen and oxygen atoms in total. The van der Waals surface area contributed by atoms with E-state index in [0.29, 0.717) is 31.1 Å². The molecule has 1 N–H and O–H groups in total. The number of rotatable bonds is 6. The molecule has 0 radical (unpaired) electrons. The van der Waals surface area contributed by atoms with Gasteiger partial charge < -0.3 is 10.1 Å². The van der Waals surface area contributed by atoms with E-state index < -0.39 is 10.0 Å². The molecular weight excluding hydrogens is 376 g/mol. The fourth-order valence-corrected chi connectivity index (χ4v) is 5.81. The van der Waals surface area contributed by atoms with Gasteiger partial charge in [-0.2, -0.15) is 4.31 Å². The summed E-state index contributed by atoms with van der Waals surface area (Å²) in [6.45, 7) is 4.47. The van der Waals surface area contributed by atoms with Crippen LogP contribution in [0.3, 0.4) is 0 Å². The predicted molar refractivity (Wildman–Crippen MR) is 110 cm³/mol. The van der Waals surface area contributed by atoms with Crippen LogP contribution in [0.2, 0.25) is 0 Å². The smallest absolute Gasteiger partial charge is 0.243 e. The number of ether oxygens (including phenoxy) is 1. The summed E-state index contributed by atoms with van der Waals surface area (Å²) < 4.78 is 32.8. The van der Waals surface area contributed by atoms with E-state index in [1.54, 1.807) is 24.3 Å². The van der Waals surface area contributed by atoms with E-state index in [1.165, 1.54) is 36.4 Å². The van der Waals surface area contributed by atoms with Gasteiger partial charge >= 0.3 is 0 Å². The first kappa shape index (κ1) is 21.3. The Balaban J connectivity index is 1.55. The molecule has 1 aliphatic carbocycles. The Morgan fingerprint density at radius 1 is 1.07 bits per heavy atom. The van der Waals surface area contributed by atoms with Gasteiger partial charge in [-0.3, -0.25) is 4.79 Å². The molecule has 1 saturated carbocycles. The Labute approximate surface area is 168 Å². The second kappa shape index (κ2) is 9.37. The minimum absolute atomic E-state index is 0.00277. The van der Waals surface area contributed by atoms with Gasteiger partial charge in [-0.1, -0.05) is 32.1 Å². The van der Waals surface area contributed by atoms with Gasteiger partial charge in [-0.05, 0) is 50.5 Å². The third kappa shape index (κ3) is 5.55. The number of carbonyl (C=O) groups is 1. The number of sulfonamides is 1. The molecule has 7 heteroatoms. The van der Waals surface area contributed by atoms with Gasteiger partial charge in [0, 0.05) is 25.2 Å². The molecule has 2 aliphatic rings. The zero-order valence-electron chi connectivity index (χ0n) is 16.9. The number of hydrogen-bond acceptors (Lipinski definition) is 4. The first-order valence-corrected chi connectivity index (χ1v) is 11.8. The van der Waals surface area contributed by atoms with Crippen molar-refractivity contribution in [2.24, 2.45) is 5.92 Å². The quantitative estimate of drug-likeness (QED) is 0.777. The van der Waals surface area contributed by atoms with Gasteiger partial charge in [0.2, 0.25) is 15.9 Å². The summed E-state index contributed by atoms with van der Waals surface area (Å²) in [5, 5.41) is 2.89. The number of benzene rings is 1. The molecule has 156 valence electrons. The summed E-state index contributed by atoms with van der Waals surface area (Å²) in [5.41, 5.74) is 0.635. The third-order valence-electron chi connectivity index (χ3n) is 5.67. The van der Waals surface area contributed by atoms with E-state index in [9.17, 15) is 13.2 Å².